The third kappa shape index (κ3) is 4.30. The molecule has 6 heteroatoms. The number of nitrogens with zero attached hydrogens (tertiary/aromatic N) is 4. The third-order valence-electron chi connectivity index (χ3n) is 3.02. The zero-order valence-electron chi connectivity index (χ0n) is 12.8. The predicted molar refractivity (Wildman–Crippen MR) is 86.3 cm³/mol. The number of hydrogen-bond donors (Lipinski definition) is 2. The highest BCUT2D eigenvalue weighted by atomic mass is 15.2. The molecule has 21 heavy (non-hydrogen) atoms. The van der Waals surface area contributed by atoms with Gasteiger partial charge in [-0.25, -0.2) is 0 Å². The molecule has 0 spiro atoms. The molecule has 6 nitrogen and oxygen atoms in total. The smallest absolute Gasteiger partial charge is 0.223 e. The average molecular weight is 286 g/mol. The fourth-order valence-electron chi connectivity index (χ4n) is 2.00. The molecule has 0 radical (unpaired) electrons. The molecule has 0 aromatic carbocycles. The lowest BCUT2D eigenvalue weighted by Crippen LogP contribution is -2.20. The van der Waals surface area contributed by atoms with E-state index in [1.807, 2.05) is 43.1 Å². The number of aromatic nitrogens is 3. The number of aryl methyl sites for hydroxylation is 1. The Morgan fingerprint density at radius 2 is 2.05 bits per heavy atom. The Morgan fingerprint density at radius 3 is 2.76 bits per heavy atom. The molecule has 3 N–H and O–H groups in total. The number of nitrogen functional groups attached to an aromatic ring is 1. The topological polar surface area (TPSA) is 80.0 Å². The zero-order valence-corrected chi connectivity index (χ0v) is 12.8. The number of hydrogen-bond acceptors (Lipinski definition) is 6. The quantitative estimate of drug-likeness (QED) is 0.847. The summed E-state index contributed by atoms with van der Waals surface area (Å²) in [7, 11) is 1.97. The SMILES string of the molecule is CCCNc1cc(N(C)Cc2cccc(C)n2)nc(N)n1. The number of pyridine rings is 1. The molecule has 0 aliphatic carbocycles. The minimum atomic E-state index is 0.273. The Bertz CT molecular complexity index is 598. The van der Waals surface area contributed by atoms with Crippen molar-refractivity contribution in [2.24, 2.45) is 0 Å². The van der Waals surface area contributed by atoms with Gasteiger partial charge in [0.2, 0.25) is 5.95 Å². The summed E-state index contributed by atoms with van der Waals surface area (Å²) >= 11 is 0. The van der Waals surface area contributed by atoms with Gasteiger partial charge in [-0.3, -0.25) is 4.98 Å². The Kier molecular flexibility index (Phi) is 4.92. The Labute approximate surface area is 125 Å². The van der Waals surface area contributed by atoms with Gasteiger partial charge in [0.25, 0.3) is 0 Å². The van der Waals surface area contributed by atoms with Crippen molar-refractivity contribution in [1.29, 1.82) is 0 Å². The molecule has 0 atom stereocenters. The summed E-state index contributed by atoms with van der Waals surface area (Å²) in [5.41, 5.74) is 7.79. The molecule has 0 aliphatic heterocycles. The molecule has 0 amide bonds. The fourth-order valence-corrected chi connectivity index (χ4v) is 2.00. The van der Waals surface area contributed by atoms with Crippen LogP contribution in [-0.2, 0) is 6.54 Å². The minimum absolute atomic E-state index is 0.273. The van der Waals surface area contributed by atoms with Gasteiger partial charge in [0.1, 0.15) is 11.6 Å². The van der Waals surface area contributed by atoms with Crippen LogP contribution in [0.3, 0.4) is 0 Å². The predicted octanol–water partition coefficient (Wildman–Crippen LogP) is 2.22. The largest absolute Gasteiger partial charge is 0.370 e. The van der Waals surface area contributed by atoms with Gasteiger partial charge in [0.15, 0.2) is 0 Å². The lowest BCUT2D eigenvalue weighted by molar-refractivity contribution is 0.855. The maximum atomic E-state index is 5.78. The van der Waals surface area contributed by atoms with E-state index < -0.39 is 0 Å². The molecule has 0 unspecified atom stereocenters. The van der Waals surface area contributed by atoms with Crippen LogP contribution >= 0.6 is 0 Å². The molecule has 2 rings (SSSR count). The van der Waals surface area contributed by atoms with Crippen LogP contribution in [0.2, 0.25) is 0 Å². The second kappa shape index (κ2) is 6.88. The van der Waals surface area contributed by atoms with Crippen molar-refractivity contribution >= 4 is 17.6 Å². The first-order valence-electron chi connectivity index (χ1n) is 7.10. The second-order valence-corrected chi connectivity index (χ2v) is 5.02. The highest BCUT2D eigenvalue weighted by Crippen LogP contribution is 2.17. The van der Waals surface area contributed by atoms with Gasteiger partial charge in [0.05, 0.1) is 12.2 Å². The molecule has 2 aromatic rings. The van der Waals surface area contributed by atoms with Gasteiger partial charge in [-0.2, -0.15) is 9.97 Å². The molecule has 2 aromatic heterocycles. The Balaban J connectivity index is 2.14. The molecule has 0 saturated carbocycles. The highest BCUT2D eigenvalue weighted by Gasteiger charge is 2.08. The van der Waals surface area contributed by atoms with Crippen LogP contribution < -0.4 is 16.0 Å². The molecule has 0 saturated heterocycles. The lowest BCUT2D eigenvalue weighted by atomic mass is 10.3. The van der Waals surface area contributed by atoms with E-state index in [1.165, 1.54) is 0 Å². The maximum Gasteiger partial charge on any atom is 0.223 e. The molecular formula is C15H22N6. The standard InChI is InChI=1S/C15H22N6/c1-4-8-17-13-9-14(20-15(16)19-13)21(3)10-12-7-5-6-11(2)18-12/h5-7,9H,4,8,10H2,1-3H3,(H3,16,17,19,20). The number of anilines is 3. The second-order valence-electron chi connectivity index (χ2n) is 5.02. The van der Waals surface area contributed by atoms with Gasteiger partial charge in [0, 0.05) is 25.4 Å². The maximum absolute atomic E-state index is 5.78. The number of rotatable bonds is 6. The van der Waals surface area contributed by atoms with Crippen LogP contribution in [0.4, 0.5) is 17.6 Å². The lowest BCUT2D eigenvalue weighted by Gasteiger charge is -2.19. The van der Waals surface area contributed by atoms with Crippen molar-refractivity contribution in [1.82, 2.24) is 15.0 Å². The van der Waals surface area contributed by atoms with Gasteiger partial charge in [-0.05, 0) is 25.5 Å². The zero-order chi connectivity index (χ0) is 15.2. The molecular weight excluding hydrogens is 264 g/mol. The summed E-state index contributed by atoms with van der Waals surface area (Å²) in [5.74, 6) is 1.81. The van der Waals surface area contributed by atoms with Crippen LogP contribution in [0, 0.1) is 6.92 Å². The van der Waals surface area contributed by atoms with Crippen LogP contribution in [-0.4, -0.2) is 28.5 Å². The van der Waals surface area contributed by atoms with E-state index in [4.69, 9.17) is 5.73 Å². The van der Waals surface area contributed by atoms with E-state index in [1.54, 1.807) is 0 Å². The molecule has 0 aliphatic rings. The molecule has 112 valence electrons. The van der Waals surface area contributed by atoms with Gasteiger partial charge in [-0.1, -0.05) is 13.0 Å². The minimum Gasteiger partial charge on any atom is -0.370 e. The van der Waals surface area contributed by atoms with Crippen molar-refractivity contribution < 1.29 is 0 Å². The summed E-state index contributed by atoms with van der Waals surface area (Å²) in [4.78, 5) is 15.0. The van der Waals surface area contributed by atoms with Crippen LogP contribution in [0.25, 0.3) is 0 Å². The van der Waals surface area contributed by atoms with Gasteiger partial charge < -0.3 is 16.0 Å². The fraction of sp³-hybridized carbons (Fsp3) is 0.400. The van der Waals surface area contributed by atoms with Crippen molar-refractivity contribution in [2.75, 3.05) is 29.5 Å². The van der Waals surface area contributed by atoms with Gasteiger partial charge in [-0.15, -0.1) is 0 Å². The third-order valence-corrected chi connectivity index (χ3v) is 3.02. The summed E-state index contributed by atoms with van der Waals surface area (Å²) in [6.45, 7) is 5.62. The summed E-state index contributed by atoms with van der Waals surface area (Å²) in [6.07, 6.45) is 1.03. The van der Waals surface area contributed by atoms with Crippen molar-refractivity contribution in [2.45, 2.75) is 26.8 Å². The summed E-state index contributed by atoms with van der Waals surface area (Å²) in [5, 5.41) is 3.23. The summed E-state index contributed by atoms with van der Waals surface area (Å²) in [6, 6.07) is 7.90. The molecule has 2 heterocycles. The van der Waals surface area contributed by atoms with Crippen LogP contribution in [0.5, 0.6) is 0 Å². The Morgan fingerprint density at radius 1 is 1.24 bits per heavy atom. The van der Waals surface area contributed by atoms with E-state index in [0.29, 0.717) is 6.54 Å². The van der Waals surface area contributed by atoms with E-state index in [9.17, 15) is 0 Å². The van der Waals surface area contributed by atoms with E-state index in [2.05, 4.69) is 27.2 Å². The normalized spacial score (nSPS) is 10.4. The van der Waals surface area contributed by atoms with Crippen molar-refractivity contribution in [3.63, 3.8) is 0 Å². The van der Waals surface area contributed by atoms with Gasteiger partial charge >= 0.3 is 0 Å². The number of nitrogens with one attached hydrogen (secondary N) is 1. The molecule has 0 fully saturated rings. The van der Waals surface area contributed by atoms with E-state index in [-0.39, 0.29) is 5.95 Å². The monoisotopic (exact) mass is 286 g/mol. The van der Waals surface area contributed by atoms with Crippen molar-refractivity contribution in [3.05, 3.63) is 35.7 Å². The Hall–Kier alpha value is -2.37. The first kappa shape index (κ1) is 15.0. The first-order chi connectivity index (χ1) is 10.1. The summed E-state index contributed by atoms with van der Waals surface area (Å²) < 4.78 is 0. The average Bonchev–Trinajstić information content (AvgIpc) is 2.44. The first-order valence-corrected chi connectivity index (χ1v) is 7.10. The number of nitrogens with two attached hydrogens (primary N) is 1. The molecule has 0 bridgehead atoms. The van der Waals surface area contributed by atoms with Crippen LogP contribution in [0.1, 0.15) is 24.7 Å². The highest BCUT2D eigenvalue weighted by molar-refractivity contribution is 5.52. The van der Waals surface area contributed by atoms with E-state index >= 15 is 0 Å². The van der Waals surface area contributed by atoms with E-state index in [0.717, 1.165) is 36.0 Å². The van der Waals surface area contributed by atoms with Crippen molar-refractivity contribution in [3.8, 4) is 0 Å². The van der Waals surface area contributed by atoms with Crippen LogP contribution in [0.15, 0.2) is 24.3 Å².